The summed E-state index contributed by atoms with van der Waals surface area (Å²) in [5, 5.41) is -0.421. The summed E-state index contributed by atoms with van der Waals surface area (Å²) in [5.74, 6) is 0.441. The average molecular weight is 274 g/mol. The van der Waals surface area contributed by atoms with Crippen LogP contribution in [0.4, 0.5) is 0 Å². The van der Waals surface area contributed by atoms with Gasteiger partial charge in [0.2, 0.25) is 0 Å². The van der Waals surface area contributed by atoms with Crippen molar-refractivity contribution >= 4 is 10.1 Å². The minimum absolute atomic E-state index is 0.0647. The van der Waals surface area contributed by atoms with Crippen molar-refractivity contribution in [2.75, 3.05) is 0 Å². The van der Waals surface area contributed by atoms with Gasteiger partial charge in [-0.2, -0.15) is 8.42 Å². The lowest BCUT2D eigenvalue weighted by Crippen LogP contribution is -2.15. The molecule has 1 aliphatic carbocycles. The lowest BCUT2D eigenvalue weighted by molar-refractivity contribution is 0.484. The molecule has 0 heterocycles. The summed E-state index contributed by atoms with van der Waals surface area (Å²) in [6.45, 7) is 0. The van der Waals surface area contributed by atoms with Gasteiger partial charge in [0.05, 0.1) is 0 Å². The molecule has 0 aromatic heterocycles. The summed E-state index contributed by atoms with van der Waals surface area (Å²) in [5.41, 5.74) is 1.06. The molecule has 1 aliphatic rings. The van der Waals surface area contributed by atoms with Crippen molar-refractivity contribution in [2.45, 2.75) is 17.6 Å². The third-order valence-corrected chi connectivity index (χ3v) is 4.97. The molecule has 98 valence electrons. The van der Waals surface area contributed by atoms with Crippen LogP contribution in [0.2, 0.25) is 0 Å². The number of benzene rings is 2. The van der Waals surface area contributed by atoms with Crippen LogP contribution >= 0.6 is 0 Å². The Labute approximate surface area is 113 Å². The lowest BCUT2D eigenvalue weighted by atomic mass is 10.1. The summed E-state index contributed by atoms with van der Waals surface area (Å²) in [6.07, 6.45) is 0.638. The minimum atomic E-state index is -3.54. The molecule has 3 nitrogen and oxygen atoms in total. The zero-order valence-corrected chi connectivity index (χ0v) is 11.1. The average Bonchev–Trinajstić information content (AvgIpc) is 3.21. The second-order valence-corrected chi connectivity index (χ2v) is 6.44. The molecule has 0 bridgehead atoms. The van der Waals surface area contributed by atoms with Crippen LogP contribution in [0.5, 0.6) is 5.75 Å². The van der Waals surface area contributed by atoms with Gasteiger partial charge >= 0.3 is 10.1 Å². The zero-order valence-electron chi connectivity index (χ0n) is 10.3. The molecule has 2 aromatic rings. The van der Waals surface area contributed by atoms with E-state index in [1.165, 1.54) is 0 Å². The van der Waals surface area contributed by atoms with Gasteiger partial charge in [-0.05, 0) is 24.1 Å². The predicted molar refractivity (Wildman–Crippen MR) is 73.6 cm³/mol. The van der Waals surface area contributed by atoms with Crippen LogP contribution in [0, 0.1) is 0 Å². The summed E-state index contributed by atoms with van der Waals surface area (Å²) < 4.78 is 29.4. The fourth-order valence-corrected chi connectivity index (χ4v) is 3.72. The normalized spacial score (nSPS) is 21.9. The van der Waals surface area contributed by atoms with Gasteiger partial charge in [0, 0.05) is 5.92 Å². The van der Waals surface area contributed by atoms with E-state index < -0.39 is 15.4 Å². The van der Waals surface area contributed by atoms with E-state index in [1.807, 2.05) is 36.4 Å². The third kappa shape index (κ3) is 2.63. The second-order valence-electron chi connectivity index (χ2n) is 4.68. The first-order chi connectivity index (χ1) is 9.17. The minimum Gasteiger partial charge on any atom is -0.382 e. The third-order valence-electron chi connectivity index (χ3n) is 3.29. The summed E-state index contributed by atoms with van der Waals surface area (Å²) >= 11 is 0. The Hall–Kier alpha value is -1.81. The van der Waals surface area contributed by atoms with E-state index in [0.717, 1.165) is 5.56 Å². The Bertz CT molecular complexity index is 650. The van der Waals surface area contributed by atoms with E-state index >= 15 is 0 Å². The van der Waals surface area contributed by atoms with Gasteiger partial charge in [0.15, 0.2) is 0 Å². The fraction of sp³-hybridized carbons (Fsp3) is 0.200. The number of hydrogen-bond donors (Lipinski definition) is 0. The topological polar surface area (TPSA) is 43.4 Å². The number of hydrogen-bond acceptors (Lipinski definition) is 3. The van der Waals surface area contributed by atoms with Crippen molar-refractivity contribution in [3.05, 3.63) is 66.2 Å². The highest BCUT2D eigenvalue weighted by molar-refractivity contribution is 7.88. The quantitative estimate of drug-likeness (QED) is 0.805. The monoisotopic (exact) mass is 274 g/mol. The Morgan fingerprint density at radius 3 is 2.11 bits per heavy atom. The van der Waals surface area contributed by atoms with Crippen LogP contribution in [0.25, 0.3) is 0 Å². The van der Waals surface area contributed by atoms with Gasteiger partial charge in [-0.25, -0.2) is 0 Å². The van der Waals surface area contributed by atoms with Gasteiger partial charge in [-0.3, -0.25) is 0 Å². The van der Waals surface area contributed by atoms with Crippen molar-refractivity contribution in [2.24, 2.45) is 0 Å². The maximum absolute atomic E-state index is 12.1. The SMILES string of the molecule is O=S(=O)(Oc1ccccc1)[C@@H]1C[C@H]1c1ccccc1. The first-order valence-corrected chi connectivity index (χ1v) is 7.67. The molecular weight excluding hydrogens is 260 g/mol. The molecule has 0 radical (unpaired) electrons. The molecule has 1 saturated carbocycles. The molecule has 0 N–H and O–H groups in total. The van der Waals surface area contributed by atoms with Crippen molar-refractivity contribution in [1.82, 2.24) is 0 Å². The summed E-state index contributed by atoms with van der Waals surface area (Å²) in [4.78, 5) is 0. The van der Waals surface area contributed by atoms with E-state index in [4.69, 9.17) is 4.18 Å². The Balaban J connectivity index is 1.74. The smallest absolute Gasteiger partial charge is 0.312 e. The molecule has 4 heteroatoms. The Kier molecular flexibility index (Phi) is 3.03. The van der Waals surface area contributed by atoms with E-state index in [-0.39, 0.29) is 5.92 Å². The molecule has 0 amide bonds. The lowest BCUT2D eigenvalue weighted by Gasteiger charge is -2.06. The molecule has 0 aliphatic heterocycles. The highest BCUT2D eigenvalue weighted by Crippen LogP contribution is 2.46. The summed E-state index contributed by atoms with van der Waals surface area (Å²) in [7, 11) is -3.54. The Morgan fingerprint density at radius 1 is 0.895 bits per heavy atom. The van der Waals surface area contributed by atoms with Crippen molar-refractivity contribution in [3.63, 3.8) is 0 Å². The van der Waals surface area contributed by atoms with E-state index in [1.54, 1.807) is 24.3 Å². The van der Waals surface area contributed by atoms with Crippen LogP contribution < -0.4 is 4.18 Å². The van der Waals surface area contributed by atoms with E-state index in [2.05, 4.69) is 0 Å². The van der Waals surface area contributed by atoms with Crippen LogP contribution in [0.3, 0.4) is 0 Å². The first-order valence-electron chi connectivity index (χ1n) is 6.20. The predicted octanol–water partition coefficient (Wildman–Crippen LogP) is 2.95. The highest BCUT2D eigenvalue weighted by atomic mass is 32.2. The van der Waals surface area contributed by atoms with Crippen molar-refractivity contribution < 1.29 is 12.6 Å². The maximum Gasteiger partial charge on any atom is 0.312 e. The van der Waals surface area contributed by atoms with Gasteiger partial charge in [0.25, 0.3) is 0 Å². The largest absolute Gasteiger partial charge is 0.382 e. The number of para-hydroxylation sites is 1. The van der Waals surface area contributed by atoms with Crippen LogP contribution in [-0.4, -0.2) is 13.7 Å². The van der Waals surface area contributed by atoms with E-state index in [0.29, 0.717) is 12.2 Å². The number of rotatable bonds is 4. The molecule has 2 atom stereocenters. The summed E-state index contributed by atoms with van der Waals surface area (Å²) in [6, 6.07) is 18.3. The van der Waals surface area contributed by atoms with E-state index in [9.17, 15) is 8.42 Å². The van der Waals surface area contributed by atoms with Crippen LogP contribution in [0.15, 0.2) is 60.7 Å². The molecule has 3 rings (SSSR count). The molecular formula is C15H14O3S. The second kappa shape index (κ2) is 4.70. The molecule has 19 heavy (non-hydrogen) atoms. The molecule has 0 spiro atoms. The standard InChI is InChI=1S/C15H14O3S/c16-19(17,18-13-9-5-2-6-10-13)15-11-14(15)12-7-3-1-4-8-12/h1-10,14-15H,11H2/t14-,15+/m0/s1. The van der Waals surface area contributed by atoms with Gasteiger partial charge in [-0.1, -0.05) is 48.5 Å². The van der Waals surface area contributed by atoms with Crippen LogP contribution in [-0.2, 0) is 10.1 Å². The van der Waals surface area contributed by atoms with Gasteiger partial charge in [0.1, 0.15) is 11.0 Å². The maximum atomic E-state index is 12.1. The van der Waals surface area contributed by atoms with Crippen molar-refractivity contribution in [3.8, 4) is 5.75 Å². The van der Waals surface area contributed by atoms with Crippen LogP contribution in [0.1, 0.15) is 17.9 Å². The molecule has 0 unspecified atom stereocenters. The van der Waals surface area contributed by atoms with Gasteiger partial charge < -0.3 is 4.18 Å². The fourth-order valence-electron chi connectivity index (χ4n) is 2.21. The molecule has 0 saturated heterocycles. The highest BCUT2D eigenvalue weighted by Gasteiger charge is 2.49. The Morgan fingerprint density at radius 2 is 1.47 bits per heavy atom. The molecule has 1 fully saturated rings. The zero-order chi connectivity index (χ0) is 13.3. The van der Waals surface area contributed by atoms with Gasteiger partial charge in [-0.15, -0.1) is 0 Å². The van der Waals surface area contributed by atoms with Crippen molar-refractivity contribution in [1.29, 1.82) is 0 Å². The first kappa shape index (κ1) is 12.2. The molecule has 2 aromatic carbocycles.